The lowest BCUT2D eigenvalue weighted by Crippen LogP contribution is -1.98. The zero-order valence-electron chi connectivity index (χ0n) is 10.7. The van der Waals surface area contributed by atoms with Crippen LogP contribution >= 0.6 is 0 Å². The van der Waals surface area contributed by atoms with Crippen LogP contribution in [0.3, 0.4) is 0 Å². The highest BCUT2D eigenvalue weighted by atomic mass is 16.5. The summed E-state index contributed by atoms with van der Waals surface area (Å²) in [5.41, 5.74) is 9.14. The molecule has 0 bridgehead atoms. The molecular formula is C13H17N3O2. The van der Waals surface area contributed by atoms with Crippen molar-refractivity contribution in [3.63, 3.8) is 0 Å². The van der Waals surface area contributed by atoms with Crippen molar-refractivity contribution in [3.05, 3.63) is 40.3 Å². The van der Waals surface area contributed by atoms with Gasteiger partial charge in [0.15, 0.2) is 11.5 Å². The quantitative estimate of drug-likeness (QED) is 0.417. The van der Waals surface area contributed by atoms with E-state index in [9.17, 15) is 0 Å². The molecule has 5 nitrogen and oxygen atoms in total. The van der Waals surface area contributed by atoms with Crippen molar-refractivity contribution in [2.75, 3.05) is 19.8 Å². The van der Waals surface area contributed by atoms with E-state index >= 15 is 0 Å². The van der Waals surface area contributed by atoms with Crippen LogP contribution in [0.4, 0.5) is 0 Å². The highest BCUT2D eigenvalue weighted by Gasteiger charge is 2.04. The molecule has 0 spiro atoms. The summed E-state index contributed by atoms with van der Waals surface area (Å²) in [7, 11) is 0. The molecule has 0 atom stereocenters. The highest BCUT2D eigenvalue weighted by Crippen LogP contribution is 2.28. The van der Waals surface area contributed by atoms with Gasteiger partial charge in [0, 0.05) is 11.5 Å². The van der Waals surface area contributed by atoms with Gasteiger partial charge in [0.25, 0.3) is 0 Å². The predicted molar refractivity (Wildman–Crippen MR) is 71.8 cm³/mol. The average molecular weight is 247 g/mol. The summed E-state index contributed by atoms with van der Waals surface area (Å²) >= 11 is 0. The first kappa shape index (κ1) is 13.9. The smallest absolute Gasteiger partial charge is 0.161 e. The Bertz CT molecular complexity index is 452. The first-order valence-corrected chi connectivity index (χ1v) is 5.88. The van der Waals surface area contributed by atoms with Crippen molar-refractivity contribution < 1.29 is 9.47 Å². The Morgan fingerprint density at radius 2 is 1.94 bits per heavy atom. The average Bonchev–Trinajstić information content (AvgIpc) is 2.38. The number of azide groups is 1. The van der Waals surface area contributed by atoms with Crippen molar-refractivity contribution in [2.24, 2.45) is 5.11 Å². The van der Waals surface area contributed by atoms with Gasteiger partial charge in [-0.05, 0) is 37.1 Å². The highest BCUT2D eigenvalue weighted by molar-refractivity contribution is 5.56. The number of rotatable bonds is 7. The molecule has 96 valence electrons. The Kier molecular flexibility index (Phi) is 6.22. The van der Waals surface area contributed by atoms with Crippen LogP contribution in [0, 0.1) is 0 Å². The number of ether oxygens (including phenoxy) is 2. The molecule has 0 aromatic heterocycles. The maximum atomic E-state index is 8.16. The SMILES string of the molecule is CCOc1ccc(C=CCN=[N+]=[N-])cc1OCC. The van der Waals surface area contributed by atoms with Crippen LogP contribution in [0.5, 0.6) is 11.5 Å². The molecule has 1 aromatic carbocycles. The van der Waals surface area contributed by atoms with Gasteiger partial charge in [-0.1, -0.05) is 23.3 Å². The Hall–Kier alpha value is -2.13. The molecule has 0 aliphatic carbocycles. The van der Waals surface area contributed by atoms with Gasteiger partial charge in [-0.15, -0.1) is 0 Å². The van der Waals surface area contributed by atoms with Crippen LogP contribution in [0.15, 0.2) is 29.4 Å². The monoisotopic (exact) mass is 247 g/mol. The maximum absolute atomic E-state index is 8.16. The van der Waals surface area contributed by atoms with E-state index in [1.165, 1.54) is 0 Å². The number of hydrogen-bond donors (Lipinski definition) is 0. The van der Waals surface area contributed by atoms with E-state index in [0.717, 1.165) is 17.1 Å². The molecule has 0 unspecified atom stereocenters. The van der Waals surface area contributed by atoms with Crippen LogP contribution in [0.1, 0.15) is 19.4 Å². The third-order valence-electron chi connectivity index (χ3n) is 2.13. The Labute approximate surface area is 107 Å². The largest absolute Gasteiger partial charge is 0.490 e. The number of hydrogen-bond acceptors (Lipinski definition) is 3. The lowest BCUT2D eigenvalue weighted by atomic mass is 10.2. The summed E-state index contributed by atoms with van der Waals surface area (Å²) in [6.07, 6.45) is 3.68. The van der Waals surface area contributed by atoms with E-state index in [4.69, 9.17) is 15.0 Å². The van der Waals surface area contributed by atoms with Gasteiger partial charge in [-0.2, -0.15) is 0 Å². The molecule has 0 radical (unpaired) electrons. The molecule has 0 aliphatic rings. The topological polar surface area (TPSA) is 67.2 Å². The molecular weight excluding hydrogens is 230 g/mol. The van der Waals surface area contributed by atoms with E-state index in [1.54, 1.807) is 6.08 Å². The summed E-state index contributed by atoms with van der Waals surface area (Å²) in [6.45, 7) is 5.40. The standard InChI is InChI=1S/C13H17N3O2/c1-3-17-12-8-7-11(6-5-9-15-16-14)10-13(12)18-4-2/h5-8,10H,3-4,9H2,1-2H3. The molecule has 0 amide bonds. The van der Waals surface area contributed by atoms with Gasteiger partial charge in [0.1, 0.15) is 0 Å². The second-order valence-electron chi connectivity index (χ2n) is 3.39. The molecule has 1 aromatic rings. The molecule has 1 rings (SSSR count). The van der Waals surface area contributed by atoms with Crippen LogP contribution < -0.4 is 9.47 Å². The summed E-state index contributed by atoms with van der Waals surface area (Å²) in [4.78, 5) is 2.68. The molecule has 18 heavy (non-hydrogen) atoms. The fourth-order valence-corrected chi connectivity index (χ4v) is 1.44. The Morgan fingerprint density at radius 3 is 2.61 bits per heavy atom. The van der Waals surface area contributed by atoms with Crippen molar-refractivity contribution in [1.82, 2.24) is 0 Å². The third kappa shape index (κ3) is 4.39. The number of nitrogens with zero attached hydrogens (tertiary/aromatic N) is 3. The molecule has 0 aliphatic heterocycles. The van der Waals surface area contributed by atoms with E-state index in [2.05, 4.69) is 10.0 Å². The Morgan fingerprint density at radius 1 is 1.22 bits per heavy atom. The molecule has 0 saturated carbocycles. The van der Waals surface area contributed by atoms with E-state index < -0.39 is 0 Å². The fraction of sp³-hybridized carbons (Fsp3) is 0.385. The Balaban J connectivity index is 2.84. The minimum absolute atomic E-state index is 0.341. The molecule has 5 heteroatoms. The first-order chi connectivity index (χ1) is 8.81. The van der Waals surface area contributed by atoms with E-state index in [-0.39, 0.29) is 0 Å². The summed E-state index contributed by atoms with van der Waals surface area (Å²) in [5.74, 6) is 1.47. The van der Waals surface area contributed by atoms with Crippen LogP contribution in [0.2, 0.25) is 0 Å². The van der Waals surface area contributed by atoms with E-state index in [1.807, 2.05) is 38.1 Å². The third-order valence-corrected chi connectivity index (χ3v) is 2.13. The van der Waals surface area contributed by atoms with Gasteiger partial charge in [-0.3, -0.25) is 0 Å². The maximum Gasteiger partial charge on any atom is 0.161 e. The zero-order chi connectivity index (χ0) is 13.2. The molecule has 0 saturated heterocycles. The van der Waals surface area contributed by atoms with Gasteiger partial charge in [-0.25, -0.2) is 0 Å². The summed E-state index contributed by atoms with van der Waals surface area (Å²) in [5, 5.41) is 3.43. The normalized spacial score (nSPS) is 10.1. The van der Waals surface area contributed by atoms with Crippen molar-refractivity contribution >= 4 is 6.08 Å². The van der Waals surface area contributed by atoms with Crippen molar-refractivity contribution in [2.45, 2.75) is 13.8 Å². The fourth-order valence-electron chi connectivity index (χ4n) is 1.44. The lowest BCUT2D eigenvalue weighted by molar-refractivity contribution is 0.287. The molecule has 0 N–H and O–H groups in total. The van der Waals surface area contributed by atoms with Gasteiger partial charge in [0.2, 0.25) is 0 Å². The minimum Gasteiger partial charge on any atom is -0.490 e. The minimum atomic E-state index is 0.341. The van der Waals surface area contributed by atoms with Gasteiger partial charge in [0.05, 0.1) is 13.2 Å². The lowest BCUT2D eigenvalue weighted by Gasteiger charge is -2.11. The summed E-state index contributed by atoms with van der Waals surface area (Å²) < 4.78 is 11.0. The van der Waals surface area contributed by atoms with Crippen LogP contribution in [-0.2, 0) is 0 Å². The summed E-state index contributed by atoms with van der Waals surface area (Å²) in [6, 6.07) is 5.71. The first-order valence-electron chi connectivity index (χ1n) is 5.88. The van der Waals surface area contributed by atoms with Gasteiger partial charge < -0.3 is 9.47 Å². The van der Waals surface area contributed by atoms with Gasteiger partial charge >= 0.3 is 0 Å². The molecule has 0 fully saturated rings. The van der Waals surface area contributed by atoms with Crippen LogP contribution in [-0.4, -0.2) is 19.8 Å². The second kappa shape index (κ2) is 8.03. The second-order valence-corrected chi connectivity index (χ2v) is 3.39. The number of benzene rings is 1. The molecule has 0 heterocycles. The van der Waals surface area contributed by atoms with E-state index in [0.29, 0.717) is 19.8 Å². The van der Waals surface area contributed by atoms with Crippen LogP contribution in [0.25, 0.3) is 16.5 Å². The van der Waals surface area contributed by atoms with Crippen molar-refractivity contribution in [3.8, 4) is 11.5 Å². The predicted octanol–water partition coefficient (Wildman–Crippen LogP) is 3.81. The van der Waals surface area contributed by atoms with Crippen molar-refractivity contribution in [1.29, 1.82) is 0 Å². The zero-order valence-corrected chi connectivity index (χ0v) is 10.7.